The molecule has 0 aliphatic heterocycles. The van der Waals surface area contributed by atoms with Crippen LogP contribution in [0, 0.1) is 0 Å². The third-order valence-electron chi connectivity index (χ3n) is 3.26. The highest BCUT2D eigenvalue weighted by Crippen LogP contribution is 2.38. The number of hydrogen-bond donors (Lipinski definition) is 1. The number of nitrogens with zero attached hydrogens (tertiary/aromatic N) is 2. The fourth-order valence-corrected chi connectivity index (χ4v) is 3.15. The van der Waals surface area contributed by atoms with Gasteiger partial charge in [-0.05, 0) is 17.0 Å². The maximum atomic E-state index is 12.9. The van der Waals surface area contributed by atoms with Crippen LogP contribution in [-0.2, 0) is 22.0 Å². The van der Waals surface area contributed by atoms with Crippen molar-refractivity contribution in [1.82, 2.24) is 9.78 Å². The quantitative estimate of drug-likeness (QED) is 0.873. The van der Waals surface area contributed by atoms with Crippen LogP contribution < -0.4 is 4.72 Å². The predicted octanol–water partition coefficient (Wildman–Crippen LogP) is 3.92. The van der Waals surface area contributed by atoms with Crippen LogP contribution in [0.2, 0.25) is 5.02 Å². The SMILES string of the molecule is CC(C)(C)c1ccc(Cl)c2c(NS(C)(=O)=O)nn(CC(F)(F)F)c12. The third-order valence-corrected chi connectivity index (χ3v) is 4.14. The summed E-state index contributed by atoms with van der Waals surface area (Å²) >= 11 is 6.13. The average Bonchev–Trinajstić information content (AvgIpc) is 2.62. The van der Waals surface area contributed by atoms with Crippen LogP contribution in [0.15, 0.2) is 12.1 Å². The van der Waals surface area contributed by atoms with Gasteiger partial charge in [0.05, 0.1) is 22.2 Å². The molecule has 0 spiro atoms. The van der Waals surface area contributed by atoms with Crippen LogP contribution >= 0.6 is 11.6 Å². The van der Waals surface area contributed by atoms with Crippen molar-refractivity contribution in [3.8, 4) is 0 Å². The molecule has 0 unspecified atom stereocenters. The van der Waals surface area contributed by atoms with E-state index < -0.39 is 28.2 Å². The lowest BCUT2D eigenvalue weighted by molar-refractivity contribution is -0.141. The molecule has 1 aromatic heterocycles. The van der Waals surface area contributed by atoms with Crippen LogP contribution in [0.4, 0.5) is 19.0 Å². The van der Waals surface area contributed by atoms with E-state index in [1.807, 2.05) is 20.8 Å². The zero-order chi connectivity index (χ0) is 18.5. The second-order valence-corrected chi connectivity index (χ2v) is 8.72. The van der Waals surface area contributed by atoms with Crippen LogP contribution in [0.25, 0.3) is 10.9 Å². The fraction of sp³-hybridized carbons (Fsp3) is 0.500. The van der Waals surface area contributed by atoms with Gasteiger partial charge in [0.25, 0.3) is 0 Å². The van der Waals surface area contributed by atoms with Gasteiger partial charge in [0.2, 0.25) is 10.0 Å². The lowest BCUT2D eigenvalue weighted by Crippen LogP contribution is -2.21. The Labute approximate surface area is 142 Å². The summed E-state index contributed by atoms with van der Waals surface area (Å²) in [5.74, 6) is -0.215. The first-order valence-electron chi connectivity index (χ1n) is 6.93. The molecule has 134 valence electrons. The summed E-state index contributed by atoms with van der Waals surface area (Å²) in [4.78, 5) is 0. The van der Waals surface area contributed by atoms with Gasteiger partial charge in [-0.25, -0.2) is 8.42 Å². The molecule has 0 aliphatic rings. The molecular formula is C14H17ClF3N3O2S. The molecule has 0 amide bonds. The second-order valence-electron chi connectivity index (χ2n) is 6.56. The zero-order valence-electron chi connectivity index (χ0n) is 13.5. The molecule has 1 N–H and O–H groups in total. The number of aromatic nitrogens is 2. The van der Waals surface area contributed by atoms with Crippen LogP contribution in [-0.4, -0.2) is 30.6 Å². The number of anilines is 1. The first kappa shape index (κ1) is 18.9. The second kappa shape index (κ2) is 5.80. The normalized spacial score (nSPS) is 13.5. The van der Waals surface area contributed by atoms with Crippen LogP contribution in [0.1, 0.15) is 26.3 Å². The number of benzene rings is 1. The topological polar surface area (TPSA) is 64.0 Å². The molecule has 24 heavy (non-hydrogen) atoms. The van der Waals surface area contributed by atoms with Crippen molar-refractivity contribution in [2.45, 2.75) is 38.9 Å². The Hall–Kier alpha value is -1.48. The average molecular weight is 384 g/mol. The maximum absolute atomic E-state index is 12.9. The monoisotopic (exact) mass is 383 g/mol. The minimum absolute atomic E-state index is 0.123. The lowest BCUT2D eigenvalue weighted by atomic mass is 9.85. The van der Waals surface area contributed by atoms with Crippen molar-refractivity contribution in [3.63, 3.8) is 0 Å². The summed E-state index contributed by atoms with van der Waals surface area (Å²) in [5.41, 5.74) is 0.257. The van der Waals surface area contributed by atoms with Crippen molar-refractivity contribution < 1.29 is 21.6 Å². The molecule has 0 saturated heterocycles. The lowest BCUT2D eigenvalue weighted by Gasteiger charge is -2.21. The number of nitrogens with one attached hydrogen (secondary N) is 1. The molecule has 0 aliphatic carbocycles. The molecule has 0 fully saturated rings. The van der Waals surface area contributed by atoms with E-state index in [0.717, 1.165) is 10.9 Å². The Morgan fingerprint density at radius 2 is 1.83 bits per heavy atom. The van der Waals surface area contributed by atoms with Crippen LogP contribution in [0.3, 0.4) is 0 Å². The molecule has 5 nitrogen and oxygen atoms in total. The fourth-order valence-electron chi connectivity index (χ4n) is 2.42. The molecule has 2 aromatic rings. The molecular weight excluding hydrogens is 367 g/mol. The van der Waals surface area contributed by atoms with E-state index in [0.29, 0.717) is 5.56 Å². The van der Waals surface area contributed by atoms with Crippen molar-refractivity contribution in [2.24, 2.45) is 0 Å². The van der Waals surface area contributed by atoms with Crippen molar-refractivity contribution in [1.29, 1.82) is 0 Å². The van der Waals surface area contributed by atoms with Crippen molar-refractivity contribution in [3.05, 3.63) is 22.7 Å². The minimum Gasteiger partial charge on any atom is -0.266 e. The summed E-state index contributed by atoms with van der Waals surface area (Å²) < 4.78 is 64.6. The van der Waals surface area contributed by atoms with Gasteiger partial charge in [0, 0.05) is 0 Å². The Kier molecular flexibility index (Phi) is 4.56. The van der Waals surface area contributed by atoms with Gasteiger partial charge < -0.3 is 0 Å². The largest absolute Gasteiger partial charge is 0.408 e. The number of halogens is 4. The van der Waals surface area contributed by atoms with Gasteiger partial charge in [0.15, 0.2) is 5.82 Å². The summed E-state index contributed by atoms with van der Waals surface area (Å²) in [6, 6.07) is 3.15. The van der Waals surface area contributed by atoms with Gasteiger partial charge in [-0.1, -0.05) is 38.4 Å². The molecule has 0 radical (unpaired) electrons. The Balaban J connectivity index is 2.87. The van der Waals surface area contributed by atoms with E-state index in [4.69, 9.17) is 11.6 Å². The Morgan fingerprint density at radius 3 is 2.29 bits per heavy atom. The van der Waals surface area contributed by atoms with Crippen molar-refractivity contribution >= 4 is 38.3 Å². The van der Waals surface area contributed by atoms with Crippen LogP contribution in [0.5, 0.6) is 0 Å². The van der Waals surface area contributed by atoms with E-state index in [-0.39, 0.29) is 21.7 Å². The first-order valence-corrected chi connectivity index (χ1v) is 9.20. The summed E-state index contributed by atoms with van der Waals surface area (Å²) in [5, 5.41) is 4.09. The molecule has 0 bridgehead atoms. The summed E-state index contributed by atoms with van der Waals surface area (Å²) in [7, 11) is -3.73. The van der Waals surface area contributed by atoms with Crippen molar-refractivity contribution in [2.75, 3.05) is 11.0 Å². The number of hydrogen-bond acceptors (Lipinski definition) is 3. The van der Waals surface area contributed by atoms with E-state index in [2.05, 4.69) is 9.82 Å². The van der Waals surface area contributed by atoms with Gasteiger partial charge in [-0.2, -0.15) is 18.3 Å². The van der Waals surface area contributed by atoms with Gasteiger partial charge in [0.1, 0.15) is 6.54 Å². The summed E-state index contributed by atoms with van der Waals surface area (Å²) in [6.07, 6.45) is -3.62. The van der Waals surface area contributed by atoms with Gasteiger partial charge >= 0.3 is 6.18 Å². The van der Waals surface area contributed by atoms with E-state index >= 15 is 0 Å². The highest BCUT2D eigenvalue weighted by atomic mass is 35.5. The smallest absolute Gasteiger partial charge is 0.266 e. The highest BCUT2D eigenvalue weighted by Gasteiger charge is 2.32. The molecule has 1 aromatic carbocycles. The number of sulfonamides is 1. The van der Waals surface area contributed by atoms with Gasteiger partial charge in [-0.3, -0.25) is 9.40 Å². The summed E-state index contributed by atoms with van der Waals surface area (Å²) in [6.45, 7) is 4.16. The standard InChI is InChI=1S/C14H17ClF3N3O2S/c1-13(2,3)8-5-6-9(15)10-11(8)21(7-14(16,17)18)19-12(10)20-24(4,22)23/h5-6H,7H2,1-4H3,(H,19,20). The van der Waals surface area contributed by atoms with E-state index in [1.165, 1.54) is 6.07 Å². The van der Waals surface area contributed by atoms with Gasteiger partial charge in [-0.15, -0.1) is 0 Å². The Morgan fingerprint density at radius 1 is 1.25 bits per heavy atom. The third kappa shape index (κ3) is 4.13. The highest BCUT2D eigenvalue weighted by molar-refractivity contribution is 7.92. The molecule has 1 heterocycles. The van der Waals surface area contributed by atoms with E-state index in [1.54, 1.807) is 6.07 Å². The maximum Gasteiger partial charge on any atom is 0.408 e. The minimum atomic E-state index is -4.52. The zero-order valence-corrected chi connectivity index (χ0v) is 15.1. The molecule has 0 atom stereocenters. The predicted molar refractivity (Wildman–Crippen MR) is 88.0 cm³/mol. The number of alkyl halides is 3. The first-order chi connectivity index (χ1) is 10.7. The molecule has 10 heteroatoms. The van der Waals surface area contributed by atoms with E-state index in [9.17, 15) is 21.6 Å². The number of rotatable bonds is 3. The molecule has 2 rings (SSSR count). The molecule has 0 saturated carbocycles. The Bertz CT molecular complexity index is 883. The number of fused-ring (bicyclic) bond motifs is 1.